The summed E-state index contributed by atoms with van der Waals surface area (Å²) in [5.74, 6) is 0.756. The van der Waals surface area contributed by atoms with Crippen LogP contribution in [0.2, 0.25) is 5.02 Å². The molecule has 1 fully saturated rings. The third-order valence-electron chi connectivity index (χ3n) is 4.39. The predicted octanol–water partition coefficient (Wildman–Crippen LogP) is 2.13. The van der Waals surface area contributed by atoms with Gasteiger partial charge in [-0.15, -0.1) is 10.2 Å². The number of halogens is 1. The lowest BCUT2D eigenvalue weighted by molar-refractivity contribution is -0.121. The van der Waals surface area contributed by atoms with Gasteiger partial charge in [-0.05, 0) is 43.5 Å². The van der Waals surface area contributed by atoms with E-state index in [4.69, 9.17) is 11.6 Å². The summed E-state index contributed by atoms with van der Waals surface area (Å²) >= 11 is 5.90. The molecule has 2 aromatic heterocycles. The van der Waals surface area contributed by atoms with Crippen LogP contribution in [-0.4, -0.2) is 31.1 Å². The quantitative estimate of drug-likeness (QED) is 0.719. The van der Waals surface area contributed by atoms with Crippen molar-refractivity contribution >= 4 is 23.2 Å². The Morgan fingerprint density at radius 3 is 2.69 bits per heavy atom. The van der Waals surface area contributed by atoms with Gasteiger partial charge in [-0.2, -0.15) is 0 Å². The number of carbonyl (C=O) groups excluding carboxylic acids is 1. The molecular weight excluding hydrogens is 354 g/mol. The largest absolute Gasteiger partial charge is 0.353 e. The molecule has 7 nitrogen and oxygen atoms in total. The molecule has 8 heteroatoms. The third-order valence-corrected chi connectivity index (χ3v) is 4.64. The maximum atomic E-state index is 12.7. The second-order valence-electron chi connectivity index (χ2n) is 6.45. The second kappa shape index (κ2) is 6.92. The lowest BCUT2D eigenvalue weighted by Crippen LogP contribution is -2.25. The SMILES string of the molecule is O=C(CCCc1nnc2c(=O)n(-c3ccc(Cl)cc3)ccn12)NC1CC1. The molecular formula is C18H18ClN5O2. The van der Waals surface area contributed by atoms with Gasteiger partial charge in [0, 0.05) is 42.0 Å². The summed E-state index contributed by atoms with van der Waals surface area (Å²) in [7, 11) is 0. The minimum Gasteiger partial charge on any atom is -0.353 e. The van der Waals surface area contributed by atoms with Crippen LogP contribution in [0.25, 0.3) is 11.3 Å². The molecule has 134 valence electrons. The smallest absolute Gasteiger partial charge is 0.300 e. The molecule has 1 aromatic carbocycles. The summed E-state index contributed by atoms with van der Waals surface area (Å²) < 4.78 is 3.20. The Hall–Kier alpha value is -2.67. The molecule has 0 radical (unpaired) electrons. The Balaban J connectivity index is 1.51. The van der Waals surface area contributed by atoms with Gasteiger partial charge in [0.15, 0.2) is 0 Å². The number of nitrogens with zero attached hydrogens (tertiary/aromatic N) is 4. The molecule has 1 N–H and O–H groups in total. The maximum absolute atomic E-state index is 12.7. The van der Waals surface area contributed by atoms with E-state index >= 15 is 0 Å². The molecule has 1 amide bonds. The number of benzene rings is 1. The molecule has 26 heavy (non-hydrogen) atoms. The van der Waals surface area contributed by atoms with E-state index in [0.29, 0.717) is 41.8 Å². The first-order valence-electron chi connectivity index (χ1n) is 8.62. The highest BCUT2D eigenvalue weighted by atomic mass is 35.5. The van der Waals surface area contributed by atoms with Crippen LogP contribution in [-0.2, 0) is 11.2 Å². The number of fused-ring (bicyclic) bond motifs is 1. The topological polar surface area (TPSA) is 81.3 Å². The number of aryl methyl sites for hydroxylation is 1. The molecule has 4 rings (SSSR count). The van der Waals surface area contributed by atoms with Gasteiger partial charge in [0.1, 0.15) is 5.82 Å². The first kappa shape index (κ1) is 16.8. The van der Waals surface area contributed by atoms with Crippen molar-refractivity contribution in [2.75, 3.05) is 0 Å². The van der Waals surface area contributed by atoms with Crippen molar-refractivity contribution in [2.24, 2.45) is 0 Å². The first-order valence-corrected chi connectivity index (χ1v) is 9.00. The van der Waals surface area contributed by atoms with Gasteiger partial charge >= 0.3 is 5.56 Å². The van der Waals surface area contributed by atoms with Gasteiger partial charge in [-0.25, -0.2) is 0 Å². The minimum atomic E-state index is -0.250. The van der Waals surface area contributed by atoms with Crippen molar-refractivity contribution < 1.29 is 4.79 Å². The molecule has 0 aliphatic heterocycles. The highest BCUT2D eigenvalue weighted by molar-refractivity contribution is 6.30. The highest BCUT2D eigenvalue weighted by Gasteiger charge is 2.22. The van der Waals surface area contributed by atoms with E-state index in [-0.39, 0.29) is 17.1 Å². The number of amides is 1. The Kier molecular flexibility index (Phi) is 4.46. The van der Waals surface area contributed by atoms with E-state index in [1.165, 1.54) is 4.57 Å². The van der Waals surface area contributed by atoms with E-state index in [1.807, 2.05) is 0 Å². The summed E-state index contributed by atoms with van der Waals surface area (Å²) in [4.78, 5) is 24.4. The van der Waals surface area contributed by atoms with E-state index in [0.717, 1.165) is 12.8 Å². The number of hydrogen-bond donors (Lipinski definition) is 1. The lowest BCUT2D eigenvalue weighted by Gasteiger charge is -2.06. The maximum Gasteiger partial charge on any atom is 0.300 e. The van der Waals surface area contributed by atoms with Gasteiger partial charge in [0.2, 0.25) is 11.6 Å². The molecule has 1 aliphatic carbocycles. The van der Waals surface area contributed by atoms with Crippen LogP contribution in [0.15, 0.2) is 41.5 Å². The van der Waals surface area contributed by atoms with Gasteiger partial charge < -0.3 is 5.32 Å². The van der Waals surface area contributed by atoms with Crippen LogP contribution in [0.3, 0.4) is 0 Å². The van der Waals surface area contributed by atoms with Crippen molar-refractivity contribution in [1.82, 2.24) is 24.5 Å². The molecule has 0 unspecified atom stereocenters. The van der Waals surface area contributed by atoms with Crippen molar-refractivity contribution in [3.63, 3.8) is 0 Å². The van der Waals surface area contributed by atoms with Crippen LogP contribution < -0.4 is 10.9 Å². The second-order valence-corrected chi connectivity index (χ2v) is 6.89. The van der Waals surface area contributed by atoms with Crippen molar-refractivity contribution in [3.05, 3.63) is 57.9 Å². The molecule has 0 bridgehead atoms. The Morgan fingerprint density at radius 2 is 1.96 bits per heavy atom. The zero-order valence-corrected chi connectivity index (χ0v) is 14.8. The highest BCUT2D eigenvalue weighted by Crippen LogP contribution is 2.19. The van der Waals surface area contributed by atoms with E-state index in [9.17, 15) is 9.59 Å². The number of hydrogen-bond acceptors (Lipinski definition) is 4. The predicted molar refractivity (Wildman–Crippen MR) is 97.7 cm³/mol. The van der Waals surface area contributed by atoms with Crippen molar-refractivity contribution in [2.45, 2.75) is 38.1 Å². The zero-order valence-electron chi connectivity index (χ0n) is 14.1. The average molecular weight is 372 g/mol. The van der Waals surface area contributed by atoms with Gasteiger partial charge in [-0.1, -0.05) is 11.6 Å². The van der Waals surface area contributed by atoms with Gasteiger partial charge in [0.05, 0.1) is 0 Å². The fourth-order valence-electron chi connectivity index (χ4n) is 2.84. The molecule has 0 spiro atoms. The van der Waals surface area contributed by atoms with Gasteiger partial charge in [0.25, 0.3) is 0 Å². The summed E-state index contributed by atoms with van der Waals surface area (Å²) in [6.45, 7) is 0. The van der Waals surface area contributed by atoms with Gasteiger partial charge in [-0.3, -0.25) is 18.6 Å². The number of aromatic nitrogens is 4. The fraction of sp³-hybridized carbons (Fsp3) is 0.333. The monoisotopic (exact) mass is 371 g/mol. The zero-order chi connectivity index (χ0) is 18.1. The number of nitrogens with one attached hydrogen (secondary N) is 1. The van der Waals surface area contributed by atoms with Crippen molar-refractivity contribution in [1.29, 1.82) is 0 Å². The number of rotatable bonds is 6. The van der Waals surface area contributed by atoms with Crippen LogP contribution in [0, 0.1) is 0 Å². The number of carbonyl (C=O) groups is 1. The normalized spacial score (nSPS) is 13.9. The standard InChI is InChI=1S/C18H18ClN5O2/c19-12-4-8-14(9-5-12)23-10-11-24-15(21-22-17(24)18(23)26)2-1-3-16(25)20-13-6-7-13/h4-5,8-11,13H,1-3,6-7H2,(H,20,25). The Bertz CT molecular complexity index is 1000. The first-order chi connectivity index (χ1) is 12.6. The third kappa shape index (κ3) is 3.48. The minimum absolute atomic E-state index is 0.0754. The summed E-state index contributed by atoms with van der Waals surface area (Å²) in [6.07, 6.45) is 7.33. The summed E-state index contributed by atoms with van der Waals surface area (Å²) in [6, 6.07) is 7.39. The van der Waals surface area contributed by atoms with E-state index < -0.39 is 0 Å². The lowest BCUT2D eigenvalue weighted by atomic mass is 10.2. The van der Waals surface area contributed by atoms with E-state index in [1.54, 1.807) is 41.1 Å². The molecule has 0 atom stereocenters. The van der Waals surface area contributed by atoms with Crippen LogP contribution in [0.4, 0.5) is 0 Å². The molecule has 1 saturated carbocycles. The fourth-order valence-corrected chi connectivity index (χ4v) is 2.97. The van der Waals surface area contributed by atoms with Crippen LogP contribution in [0.1, 0.15) is 31.5 Å². The van der Waals surface area contributed by atoms with Crippen LogP contribution >= 0.6 is 11.6 Å². The Morgan fingerprint density at radius 1 is 1.19 bits per heavy atom. The molecule has 0 saturated heterocycles. The summed E-state index contributed by atoms with van der Waals surface area (Å²) in [5.41, 5.74) is 0.725. The molecule has 2 heterocycles. The van der Waals surface area contributed by atoms with Crippen molar-refractivity contribution in [3.8, 4) is 5.69 Å². The van der Waals surface area contributed by atoms with E-state index in [2.05, 4.69) is 15.5 Å². The summed E-state index contributed by atoms with van der Waals surface area (Å²) in [5, 5.41) is 11.7. The Labute approximate surface area is 154 Å². The van der Waals surface area contributed by atoms with Crippen LogP contribution in [0.5, 0.6) is 0 Å². The molecule has 1 aliphatic rings. The average Bonchev–Trinajstić information content (AvgIpc) is 3.34. The molecule has 3 aromatic rings.